The third-order valence-corrected chi connectivity index (χ3v) is 8.52. The molecule has 7 atom stereocenters. The number of rotatable bonds is 18. The molecule has 0 aromatic heterocycles. The van der Waals surface area contributed by atoms with Gasteiger partial charge >= 0.3 is 5.97 Å². The molecule has 0 saturated heterocycles. The molecule has 1 aliphatic rings. The predicted molar refractivity (Wildman–Crippen MR) is 179 cm³/mol. The van der Waals surface area contributed by atoms with E-state index < -0.39 is 76.2 Å². The van der Waals surface area contributed by atoms with Gasteiger partial charge in [0.1, 0.15) is 24.7 Å². The average molecular weight is 718 g/mol. The van der Waals surface area contributed by atoms with E-state index >= 15 is 0 Å². The Morgan fingerprint density at radius 3 is 2.02 bits per heavy atom. The van der Waals surface area contributed by atoms with Crippen LogP contribution >= 0.6 is 46.6 Å². The average Bonchev–Trinajstić information content (AvgIpc) is 3.41. The summed E-state index contributed by atoms with van der Waals surface area (Å²) in [4.78, 5) is 64.1. The summed E-state index contributed by atoms with van der Waals surface area (Å²) in [6.45, 7) is 10.1. The van der Waals surface area contributed by atoms with Crippen LogP contribution in [0, 0.1) is 23.7 Å². The monoisotopic (exact) mass is 716 g/mol. The first kappa shape index (κ1) is 41.6. The fraction of sp³-hybridized carbons (Fsp3) is 0.833. The number of amides is 4. The smallest absolute Gasteiger partial charge is 0.328 e. The van der Waals surface area contributed by atoms with E-state index in [1.165, 1.54) is 25.6 Å². The van der Waals surface area contributed by atoms with Gasteiger partial charge < -0.3 is 31.1 Å². The summed E-state index contributed by atoms with van der Waals surface area (Å²) >= 11 is 18.4. The number of aliphatic hydroxyl groups excluding tert-OH is 1. The fourth-order valence-electron chi connectivity index (χ4n) is 5.48. The second-order valence-corrected chi connectivity index (χ2v) is 16.1. The van der Waals surface area contributed by atoms with E-state index in [0.717, 1.165) is 0 Å². The molecule has 45 heavy (non-hydrogen) atoms. The number of hydrogen-bond acceptors (Lipinski definition) is 8. The van der Waals surface area contributed by atoms with E-state index in [0.29, 0.717) is 44.3 Å². The number of thioether (sulfide) groups is 1. The second kappa shape index (κ2) is 20.0. The van der Waals surface area contributed by atoms with Gasteiger partial charge in [-0.05, 0) is 68.8 Å². The van der Waals surface area contributed by atoms with Crippen molar-refractivity contribution in [1.82, 2.24) is 21.3 Å². The maximum atomic E-state index is 13.6. The Hall–Kier alpha value is -1.47. The molecule has 11 nitrogen and oxygen atoms in total. The third kappa shape index (κ3) is 15.8. The lowest BCUT2D eigenvalue weighted by Crippen LogP contribution is -2.57. The molecule has 1 aliphatic carbocycles. The molecular weight excluding hydrogens is 667 g/mol. The largest absolute Gasteiger partial charge is 0.460 e. The quantitative estimate of drug-likeness (QED) is 0.106. The lowest BCUT2D eigenvalue weighted by molar-refractivity contribution is -0.148. The Balaban J connectivity index is 3.07. The maximum absolute atomic E-state index is 13.6. The van der Waals surface area contributed by atoms with E-state index in [2.05, 4.69) is 21.3 Å². The van der Waals surface area contributed by atoms with Gasteiger partial charge in [-0.1, -0.05) is 68.9 Å². The van der Waals surface area contributed by atoms with E-state index in [-0.39, 0.29) is 17.7 Å². The number of esters is 1. The van der Waals surface area contributed by atoms with Crippen molar-refractivity contribution in [3.63, 3.8) is 0 Å². The molecule has 0 bridgehead atoms. The van der Waals surface area contributed by atoms with Gasteiger partial charge in [-0.3, -0.25) is 19.2 Å². The number of alkyl halides is 3. The number of carbonyl (C=O) groups is 5. The Labute approximate surface area is 286 Å². The van der Waals surface area contributed by atoms with E-state index in [4.69, 9.17) is 39.5 Å². The van der Waals surface area contributed by atoms with Crippen LogP contribution in [0.15, 0.2) is 0 Å². The highest BCUT2D eigenvalue weighted by Crippen LogP contribution is 2.36. The molecule has 1 fully saturated rings. The SMILES string of the molecule is CSCC[C@H](NC(=O)[C@H](CC(C)C)NC(C)=O)C(=O)N[C@@H](CC(C)C)[C@@H](O)[C@@H]1CCC[C@H]1C(=O)N[C@@H](C)C(=O)OCC(Cl)(Cl)Cl. The van der Waals surface area contributed by atoms with E-state index in [9.17, 15) is 29.1 Å². The molecule has 0 unspecified atom stereocenters. The Bertz CT molecular complexity index is 999. The Morgan fingerprint density at radius 2 is 1.49 bits per heavy atom. The summed E-state index contributed by atoms with van der Waals surface area (Å²) < 4.78 is 3.18. The normalized spacial score (nSPS) is 20.1. The van der Waals surface area contributed by atoms with Crippen LogP contribution in [0.4, 0.5) is 0 Å². The van der Waals surface area contributed by atoms with Crippen LogP contribution in [0.3, 0.4) is 0 Å². The van der Waals surface area contributed by atoms with Crippen LogP contribution in [-0.4, -0.2) is 87.4 Å². The summed E-state index contributed by atoms with van der Waals surface area (Å²) in [7, 11) is 0. The zero-order valence-electron chi connectivity index (χ0n) is 27.3. The van der Waals surface area contributed by atoms with Crippen molar-refractivity contribution < 1.29 is 33.8 Å². The minimum absolute atomic E-state index is 0.0979. The highest BCUT2D eigenvalue weighted by atomic mass is 35.6. The van der Waals surface area contributed by atoms with Crippen LogP contribution in [-0.2, 0) is 28.7 Å². The molecule has 0 radical (unpaired) electrons. The topological polar surface area (TPSA) is 163 Å². The molecule has 0 aromatic carbocycles. The zero-order chi connectivity index (χ0) is 34.5. The number of ether oxygens (including phenoxy) is 1. The third-order valence-electron chi connectivity index (χ3n) is 7.55. The summed E-state index contributed by atoms with van der Waals surface area (Å²) in [5.74, 6) is -2.67. The number of aliphatic hydroxyl groups is 1. The molecule has 260 valence electrons. The van der Waals surface area contributed by atoms with Crippen LogP contribution in [0.25, 0.3) is 0 Å². The van der Waals surface area contributed by atoms with Crippen molar-refractivity contribution >= 4 is 76.2 Å². The lowest BCUT2D eigenvalue weighted by atomic mass is 9.83. The van der Waals surface area contributed by atoms with Gasteiger partial charge in [0, 0.05) is 12.8 Å². The minimum atomic E-state index is -1.78. The van der Waals surface area contributed by atoms with Crippen molar-refractivity contribution in [2.45, 2.75) is 114 Å². The molecule has 1 rings (SSSR count). The van der Waals surface area contributed by atoms with Gasteiger partial charge in [0.15, 0.2) is 0 Å². The summed E-state index contributed by atoms with van der Waals surface area (Å²) in [6.07, 6.45) is 3.75. The maximum Gasteiger partial charge on any atom is 0.328 e. The van der Waals surface area contributed by atoms with Crippen molar-refractivity contribution in [2.24, 2.45) is 23.7 Å². The van der Waals surface area contributed by atoms with Gasteiger partial charge in [0.2, 0.25) is 27.4 Å². The Morgan fingerprint density at radius 1 is 0.889 bits per heavy atom. The standard InChI is InChI=1S/C30H51Cl3N4O7S/c1-16(2)13-23(37-27(41)22(11-12-45-7)36-28(42)24(14-17(3)4)35-19(6)38)25(39)20-9-8-10-21(20)26(40)34-18(5)29(43)44-15-30(31,32)33/h16-18,20-25,39H,8-15H2,1-7H3,(H,34,40)(H,35,38)(H,36,42)(H,37,41)/t18-,20+,21+,22-,23-,24-,25-/m0/s1. The van der Waals surface area contributed by atoms with Gasteiger partial charge in [-0.2, -0.15) is 11.8 Å². The van der Waals surface area contributed by atoms with Gasteiger partial charge in [0.25, 0.3) is 0 Å². The van der Waals surface area contributed by atoms with Crippen LogP contribution in [0.1, 0.15) is 80.1 Å². The summed E-state index contributed by atoms with van der Waals surface area (Å²) in [6, 6.07) is -3.38. The molecule has 4 amide bonds. The van der Waals surface area contributed by atoms with Crippen LogP contribution in [0.5, 0.6) is 0 Å². The number of hydrogen-bond donors (Lipinski definition) is 5. The molecule has 0 aliphatic heterocycles. The Kier molecular flexibility index (Phi) is 18.5. The first-order valence-electron chi connectivity index (χ1n) is 15.4. The molecular formula is C30H51Cl3N4O7S. The van der Waals surface area contributed by atoms with E-state index in [1.54, 1.807) is 0 Å². The van der Waals surface area contributed by atoms with Gasteiger partial charge in [-0.25, -0.2) is 4.79 Å². The molecule has 0 spiro atoms. The highest BCUT2D eigenvalue weighted by Gasteiger charge is 2.42. The van der Waals surface area contributed by atoms with Crippen molar-refractivity contribution in [3.05, 3.63) is 0 Å². The molecule has 15 heteroatoms. The first-order chi connectivity index (χ1) is 20.9. The van der Waals surface area contributed by atoms with Crippen LogP contribution < -0.4 is 21.3 Å². The summed E-state index contributed by atoms with van der Waals surface area (Å²) in [5.41, 5.74) is 0. The minimum Gasteiger partial charge on any atom is -0.460 e. The molecule has 5 N–H and O–H groups in total. The molecule has 1 saturated carbocycles. The van der Waals surface area contributed by atoms with Crippen LogP contribution in [0.2, 0.25) is 0 Å². The second-order valence-electron chi connectivity index (χ2n) is 12.6. The molecule has 0 heterocycles. The van der Waals surface area contributed by atoms with E-state index in [1.807, 2.05) is 34.0 Å². The lowest BCUT2D eigenvalue weighted by Gasteiger charge is -2.34. The fourth-order valence-corrected chi connectivity index (χ4v) is 6.11. The van der Waals surface area contributed by atoms with Gasteiger partial charge in [-0.15, -0.1) is 0 Å². The van der Waals surface area contributed by atoms with Crippen molar-refractivity contribution in [3.8, 4) is 0 Å². The van der Waals surface area contributed by atoms with Crippen molar-refractivity contribution in [1.29, 1.82) is 0 Å². The zero-order valence-corrected chi connectivity index (χ0v) is 30.4. The number of halogens is 3. The van der Waals surface area contributed by atoms with Gasteiger partial charge in [0.05, 0.1) is 12.1 Å². The number of carbonyl (C=O) groups excluding carboxylic acids is 5. The summed E-state index contributed by atoms with van der Waals surface area (Å²) in [5, 5.41) is 22.7. The highest BCUT2D eigenvalue weighted by molar-refractivity contribution is 7.98. The first-order valence-corrected chi connectivity index (χ1v) is 18.0. The van der Waals surface area contributed by atoms with Crippen molar-refractivity contribution in [2.75, 3.05) is 18.6 Å². The number of nitrogens with one attached hydrogen (secondary N) is 4. The molecule has 0 aromatic rings. The predicted octanol–water partition coefficient (Wildman–Crippen LogP) is 3.50.